The van der Waals surface area contributed by atoms with Crippen molar-refractivity contribution in [2.45, 2.75) is 232 Å². The monoisotopic (exact) mass is 2360 g/mol. The summed E-state index contributed by atoms with van der Waals surface area (Å²) in [5.41, 5.74) is 3.52. The highest BCUT2D eigenvalue weighted by atomic mass is 127. The fourth-order valence-corrected chi connectivity index (χ4v) is 19.7. The number of carboxylic acid groups (broad SMARTS) is 7. The van der Waals surface area contributed by atoms with Crippen LogP contribution in [-0.2, 0) is 111 Å². The van der Waals surface area contributed by atoms with E-state index in [1.165, 1.54) is 60.7 Å². The van der Waals surface area contributed by atoms with Crippen molar-refractivity contribution in [1.82, 2.24) is 72.8 Å². The van der Waals surface area contributed by atoms with E-state index in [-0.39, 0.29) is 183 Å². The summed E-state index contributed by atoms with van der Waals surface area (Å²) in [5.74, 6) is -14.4. The number of hydrogen-bond donors (Lipinski definition) is 20. The second-order valence-electron chi connectivity index (χ2n) is 37.9. The number of hydrogen-bond acceptors (Lipinski definition) is 28. The van der Waals surface area contributed by atoms with Gasteiger partial charge >= 0.3 is 53.8 Å². The van der Waals surface area contributed by atoms with Gasteiger partial charge in [-0.2, -0.15) is 13.0 Å². The average molecular weight is 2360 g/mol. The number of carboxylic acids is 7. The van der Waals surface area contributed by atoms with Gasteiger partial charge in [-0.3, -0.25) is 82.2 Å². The Morgan fingerprint density at radius 1 is 0.420 bits per heavy atom. The van der Waals surface area contributed by atoms with Crippen LogP contribution >= 0.6 is 45.2 Å². The number of benzene rings is 4. The topological polar surface area (TPSA) is 706 Å². The van der Waals surface area contributed by atoms with E-state index in [1.807, 2.05) is 114 Å². The zero-order valence-corrected chi connectivity index (χ0v) is 90.1. The Labute approximate surface area is 896 Å². The van der Waals surface area contributed by atoms with Crippen LogP contribution in [0.1, 0.15) is 185 Å². The first-order valence-electron chi connectivity index (χ1n) is 49.2. The van der Waals surface area contributed by atoms with Crippen LogP contribution in [0.5, 0.6) is 11.5 Å². The van der Waals surface area contributed by atoms with E-state index in [4.69, 9.17) is 5.11 Å². The second-order valence-corrected chi connectivity index (χ2v) is 43.0. The number of halogens is 2. The molecule has 7 rings (SSSR count). The predicted octanol–water partition coefficient (Wildman–Crippen LogP) is 4.78. The maximum Gasteiger partial charge on any atom is 0.326 e. The fourth-order valence-electron chi connectivity index (χ4n) is 17.5. The molecule has 0 unspecified atom stereocenters. The summed E-state index contributed by atoms with van der Waals surface area (Å²) in [6, 6.07) is 5.28. The van der Waals surface area contributed by atoms with E-state index in [1.54, 1.807) is 37.8 Å². The maximum absolute atomic E-state index is 15.2. The number of rotatable bonds is 60. The Morgan fingerprint density at radius 3 is 1.28 bits per heavy atom. The molecule has 11 amide bonds. The standard InChI is InChI=1S/C99H136I2N16O31S2/c1-98(2)66-56-64(149(143,144)145)32-35-76(66)112(5)80(98)25-10-8-11-26-81-99(3,4)67-57-65(150(146,147)148)33-36-77(67)117(81)43-21-9-14-29-84(122)102-40-18-15-22-70(105-85(123)58-113-44-46-114(59-87(126)127)48-50-116(61-89(130)131)51-49-115(47-45-113)60-88(128)129)90(132)107-74(54-62-30-37-78(118)68(100)52-62)92(134)111-97(142)110-75(55-63-31-38-79(119)69(101)53-63)91(133)106-71(93(135)136)23-16-19-41-103-82(120)27-12-6-7-13-28-83(121)104-42-20-17-24-72(94(137)138)108-96(141)109-73(95(139)140)34-39-86(124)125/h8,10-11,25-26,30-33,35-38,52-53,56-57,70-75H,6-7,9,12-24,27-29,34,39-51,54-55,58-61H2,1-5H3,(H20-,102,103,104,105,106,107,108,109,110,111,118,119,120,121,122,123,124,125,126,127,128,129,130,131,132,133,134,135,136,137,138,139,140,141,142,143,144,145,146,147,148)/t70-,71+,72+,73+,74-,75-/m1/s1. The van der Waals surface area contributed by atoms with E-state index in [0.717, 1.165) is 17.1 Å². The Balaban J connectivity index is 0.997. The lowest BCUT2D eigenvalue weighted by Gasteiger charge is -2.33. The summed E-state index contributed by atoms with van der Waals surface area (Å²) >= 11 is 3.66. The van der Waals surface area contributed by atoms with Crippen LogP contribution in [0.15, 0.2) is 119 Å². The van der Waals surface area contributed by atoms with Gasteiger partial charge in [0.15, 0.2) is 5.71 Å². The van der Waals surface area contributed by atoms with E-state index in [9.17, 15) is 139 Å². The molecule has 3 aliphatic rings. The molecule has 1 fully saturated rings. The van der Waals surface area contributed by atoms with Gasteiger partial charge in [-0.15, -0.1) is 0 Å². The van der Waals surface area contributed by atoms with Gasteiger partial charge in [0, 0.05) is 158 Å². The number of carbonyl (C=O) groups excluding carboxylic acids is 9. The SMILES string of the molecule is CN1\C(=C/C=C/C=C/C2=[N+](CCCCCC(=O)NCCCC[C@@H](NC(=O)CN3CCN(CC(=O)O)CCN(CC(=O)O)CCN(CC(=O)O)CC3)C(=O)N[C@H](Cc3ccc(O)c(I)c3)C(=O)NC(=O)N[C@H](Cc3ccc(O)c(I)c3)C(=O)N[C@@H](CCCCNC(=O)CCCCCCC(=O)NCCCC[C@H](NC(=O)N[C@@H](CCC(=O)O)C(=O)O)C(=O)O)C(=O)O)c3ccc(S(=O)(=O)[O-])cc3C2(C)C)C(C)(C)c2cc(S(=O)(=O)O)ccc21. The summed E-state index contributed by atoms with van der Waals surface area (Å²) in [5, 5.41) is 114. The number of likely N-dealkylation sites (N-methyl/N-ethyl adjacent to an activating group) is 1. The Hall–Kier alpha value is -12.4. The number of nitrogens with zero attached hydrogens (tertiary/aromatic N) is 6. The fraction of sp³-hybridized carbons (Fsp3) is 0.525. The second kappa shape index (κ2) is 60.6. The third kappa shape index (κ3) is 42.1. The van der Waals surface area contributed by atoms with Gasteiger partial charge in [-0.25, -0.2) is 32.4 Å². The highest BCUT2D eigenvalue weighted by molar-refractivity contribution is 14.1. The maximum atomic E-state index is 15.2. The molecule has 4 aromatic rings. The minimum absolute atomic E-state index is 0.00276. The lowest BCUT2D eigenvalue weighted by atomic mass is 9.81. The van der Waals surface area contributed by atoms with Crippen molar-refractivity contribution in [1.29, 1.82) is 0 Å². The number of phenols is 2. The number of unbranched alkanes of at least 4 members (excludes halogenated alkanes) is 8. The zero-order valence-electron chi connectivity index (χ0n) is 84.2. The largest absolute Gasteiger partial charge is 0.744 e. The lowest BCUT2D eigenvalue weighted by Crippen LogP contribution is -2.59. The molecule has 0 bridgehead atoms. The van der Waals surface area contributed by atoms with E-state index >= 15 is 4.79 Å². The number of aliphatic carboxylic acids is 7. The summed E-state index contributed by atoms with van der Waals surface area (Å²) in [6.45, 7) is 6.91. The predicted molar refractivity (Wildman–Crippen MR) is 561 cm³/mol. The van der Waals surface area contributed by atoms with Crippen LogP contribution < -0.4 is 58.1 Å². The van der Waals surface area contributed by atoms with Crippen LogP contribution in [-0.4, -0.2) is 345 Å². The van der Waals surface area contributed by atoms with E-state index in [0.29, 0.717) is 93.0 Å². The molecule has 0 radical (unpaired) electrons. The quantitative estimate of drug-likeness (QED) is 0.00929. The number of amides is 11. The minimum atomic E-state index is -4.85. The smallest absolute Gasteiger partial charge is 0.326 e. The molecule has 51 heteroatoms. The van der Waals surface area contributed by atoms with E-state index in [2.05, 4.69) is 53.2 Å². The highest BCUT2D eigenvalue weighted by Gasteiger charge is 2.46. The highest BCUT2D eigenvalue weighted by Crippen LogP contribution is 2.48. The number of anilines is 1. The van der Waals surface area contributed by atoms with Crippen molar-refractivity contribution in [3.8, 4) is 11.5 Å². The number of phenolic OH excluding ortho intramolecular Hbond substituents is 2. The van der Waals surface area contributed by atoms with Crippen molar-refractivity contribution < 1.29 is 153 Å². The van der Waals surface area contributed by atoms with Crippen molar-refractivity contribution in [3.05, 3.63) is 138 Å². The average Bonchev–Trinajstić information content (AvgIpc) is 1.58. The van der Waals surface area contributed by atoms with Crippen molar-refractivity contribution in [3.63, 3.8) is 0 Å². The molecule has 3 aliphatic heterocycles. The molecule has 824 valence electrons. The van der Waals surface area contributed by atoms with Crippen molar-refractivity contribution in [2.75, 3.05) is 117 Å². The Kier molecular flexibility index (Phi) is 50.3. The van der Waals surface area contributed by atoms with Gasteiger partial charge in [0.2, 0.25) is 41.1 Å². The molecule has 20 N–H and O–H groups in total. The number of aromatic hydroxyl groups is 2. The number of nitrogens with one attached hydrogen (secondary N) is 10. The van der Waals surface area contributed by atoms with Gasteiger partial charge in [0.25, 0.3) is 16.0 Å². The van der Waals surface area contributed by atoms with Gasteiger partial charge in [-0.05, 0) is 226 Å². The number of allylic oxidation sites excluding steroid dienone is 6. The molecule has 4 aromatic carbocycles. The zero-order chi connectivity index (χ0) is 111. The van der Waals surface area contributed by atoms with Gasteiger partial charge in [0.1, 0.15) is 64.4 Å². The third-order valence-corrected chi connectivity index (χ3v) is 29.1. The number of fused-ring (bicyclic) bond motifs is 2. The summed E-state index contributed by atoms with van der Waals surface area (Å²) in [4.78, 5) is 216. The summed E-state index contributed by atoms with van der Waals surface area (Å²) in [6.07, 6.45) is 12.4. The summed E-state index contributed by atoms with van der Waals surface area (Å²) < 4.78 is 73.7. The third-order valence-electron chi connectivity index (χ3n) is 25.6. The molecule has 3 heterocycles. The first kappa shape index (κ1) is 125. The van der Waals surface area contributed by atoms with Crippen LogP contribution in [0.3, 0.4) is 0 Å². The minimum Gasteiger partial charge on any atom is -0.744 e. The van der Waals surface area contributed by atoms with Gasteiger partial charge in [0.05, 0.1) is 48.5 Å². The van der Waals surface area contributed by atoms with E-state index < -0.39 is 195 Å². The number of imide groups is 1. The lowest BCUT2D eigenvalue weighted by molar-refractivity contribution is -0.438. The summed E-state index contributed by atoms with van der Waals surface area (Å²) in [7, 11) is -7.48. The molecule has 1 saturated heterocycles. The molecule has 0 aromatic heterocycles. The van der Waals surface area contributed by atoms with Crippen molar-refractivity contribution >= 4 is 178 Å². The molecule has 0 aliphatic carbocycles. The molecule has 47 nitrogen and oxygen atoms in total. The normalized spacial score (nSPS) is 16.1. The Bertz CT molecular complexity index is 5830. The van der Waals surface area contributed by atoms with Crippen LogP contribution in [0.4, 0.5) is 21.0 Å². The van der Waals surface area contributed by atoms with Crippen LogP contribution in [0.2, 0.25) is 0 Å². The molecular weight excluding hydrogens is 2230 g/mol. The number of carbonyl (C=O) groups is 16. The molecule has 150 heavy (non-hydrogen) atoms. The van der Waals surface area contributed by atoms with Crippen molar-refractivity contribution in [2.24, 2.45) is 0 Å². The Morgan fingerprint density at radius 2 is 0.833 bits per heavy atom. The molecule has 0 saturated carbocycles. The molecule has 0 spiro atoms. The first-order valence-corrected chi connectivity index (χ1v) is 54.2. The first-order chi connectivity index (χ1) is 70.7. The van der Waals surface area contributed by atoms with Gasteiger partial charge in [-0.1, -0.05) is 57.0 Å². The number of urea groups is 2. The van der Waals surface area contributed by atoms with Gasteiger partial charge < -0.3 is 103 Å². The molecule has 6 atom stereocenters. The van der Waals surface area contributed by atoms with Crippen LogP contribution in [0.25, 0.3) is 0 Å². The molecular formula is C99H136I2N16O31S2. The van der Waals surface area contributed by atoms with Crippen LogP contribution in [0, 0.1) is 7.14 Å².